The van der Waals surface area contributed by atoms with Crippen LogP contribution < -0.4 is 9.47 Å². The highest BCUT2D eigenvalue weighted by Crippen LogP contribution is 2.30. The first-order chi connectivity index (χ1) is 10.4. The number of methoxy groups -OCH3 is 2. The fourth-order valence-electron chi connectivity index (χ4n) is 2.49. The molecule has 0 saturated carbocycles. The van der Waals surface area contributed by atoms with E-state index in [1.165, 1.54) is 0 Å². The zero-order valence-electron chi connectivity index (χ0n) is 13.7. The molecule has 0 spiro atoms. The molecule has 3 rings (SSSR count). The lowest BCUT2D eigenvalue weighted by atomic mass is 9.92. The van der Waals surface area contributed by atoms with Gasteiger partial charge in [-0.15, -0.1) is 0 Å². The van der Waals surface area contributed by atoms with Crippen LogP contribution >= 0.6 is 0 Å². The molecule has 2 aromatic rings. The zero-order chi connectivity index (χ0) is 15.9. The molecular formula is C17H21N3O2. The fourth-order valence-corrected chi connectivity index (χ4v) is 2.49. The largest absolute Gasteiger partial charge is 0.497 e. The van der Waals surface area contributed by atoms with E-state index in [1.54, 1.807) is 14.2 Å². The Hall–Kier alpha value is -2.30. The highest BCUT2D eigenvalue weighted by atomic mass is 16.5. The van der Waals surface area contributed by atoms with Gasteiger partial charge in [0.2, 0.25) is 0 Å². The predicted molar refractivity (Wildman–Crippen MR) is 86.1 cm³/mol. The summed E-state index contributed by atoms with van der Waals surface area (Å²) >= 11 is 0. The lowest BCUT2D eigenvalue weighted by Crippen LogP contribution is -2.17. The number of hydrogen-bond acceptors (Lipinski definition) is 4. The quantitative estimate of drug-likeness (QED) is 0.875. The molecule has 0 fully saturated rings. The van der Waals surface area contributed by atoms with E-state index in [-0.39, 0.29) is 5.41 Å². The van der Waals surface area contributed by atoms with Gasteiger partial charge in [-0.2, -0.15) is 5.10 Å². The maximum absolute atomic E-state index is 5.49. The van der Waals surface area contributed by atoms with Crippen LogP contribution in [0.1, 0.15) is 37.7 Å². The minimum Gasteiger partial charge on any atom is -0.497 e. The van der Waals surface area contributed by atoms with Crippen molar-refractivity contribution < 1.29 is 9.47 Å². The number of ether oxygens (including phenoxy) is 2. The average Bonchev–Trinajstić information content (AvgIpc) is 3.06. The van der Waals surface area contributed by atoms with Crippen molar-refractivity contribution in [2.45, 2.75) is 32.7 Å². The summed E-state index contributed by atoms with van der Waals surface area (Å²) in [5.74, 6) is 2.32. The summed E-state index contributed by atoms with van der Waals surface area (Å²) in [4.78, 5) is 4.62. The van der Waals surface area contributed by atoms with Crippen LogP contribution in [0.4, 0.5) is 0 Å². The minimum absolute atomic E-state index is 0.0203. The smallest absolute Gasteiger partial charge is 0.160 e. The van der Waals surface area contributed by atoms with E-state index in [0.717, 1.165) is 34.3 Å². The molecule has 0 bridgehead atoms. The van der Waals surface area contributed by atoms with E-state index in [1.807, 2.05) is 22.9 Å². The highest BCUT2D eigenvalue weighted by molar-refractivity contribution is 6.03. The number of aliphatic imine (C=N–C) groups is 1. The summed E-state index contributed by atoms with van der Waals surface area (Å²) in [6, 6.07) is 7.87. The number of nitrogens with zero attached hydrogens (tertiary/aromatic N) is 3. The van der Waals surface area contributed by atoms with Crippen LogP contribution in [0.3, 0.4) is 0 Å². The van der Waals surface area contributed by atoms with Gasteiger partial charge in [-0.1, -0.05) is 20.8 Å². The van der Waals surface area contributed by atoms with Crippen molar-refractivity contribution in [3.05, 3.63) is 41.2 Å². The molecule has 2 heterocycles. The zero-order valence-corrected chi connectivity index (χ0v) is 13.7. The first-order valence-electron chi connectivity index (χ1n) is 7.30. The number of fused-ring (bicyclic) bond motifs is 1. The van der Waals surface area contributed by atoms with Gasteiger partial charge in [-0.25, -0.2) is 4.68 Å². The second-order valence-corrected chi connectivity index (χ2v) is 6.39. The van der Waals surface area contributed by atoms with Crippen molar-refractivity contribution in [2.24, 2.45) is 4.99 Å². The van der Waals surface area contributed by atoms with Crippen LogP contribution in [0, 0.1) is 0 Å². The molecule has 1 aromatic heterocycles. The Morgan fingerprint density at radius 3 is 2.50 bits per heavy atom. The summed E-state index contributed by atoms with van der Waals surface area (Å²) < 4.78 is 12.7. The van der Waals surface area contributed by atoms with E-state index < -0.39 is 0 Å². The van der Waals surface area contributed by atoms with Gasteiger partial charge in [0, 0.05) is 11.5 Å². The molecule has 0 saturated heterocycles. The summed E-state index contributed by atoms with van der Waals surface area (Å²) in [7, 11) is 3.29. The van der Waals surface area contributed by atoms with Crippen molar-refractivity contribution >= 4 is 5.84 Å². The van der Waals surface area contributed by atoms with E-state index in [2.05, 4.69) is 31.8 Å². The molecule has 22 heavy (non-hydrogen) atoms. The Bertz CT molecular complexity index is 739. The molecule has 1 aliphatic rings. The lowest BCUT2D eigenvalue weighted by molar-refractivity contribution is 0.393. The first kappa shape index (κ1) is 14.6. The Morgan fingerprint density at radius 1 is 1.09 bits per heavy atom. The van der Waals surface area contributed by atoms with E-state index in [9.17, 15) is 0 Å². The second-order valence-electron chi connectivity index (χ2n) is 6.39. The van der Waals surface area contributed by atoms with Crippen molar-refractivity contribution in [1.82, 2.24) is 9.78 Å². The van der Waals surface area contributed by atoms with Crippen molar-refractivity contribution in [3.63, 3.8) is 0 Å². The molecular weight excluding hydrogens is 278 g/mol. The molecule has 5 heteroatoms. The summed E-state index contributed by atoms with van der Waals surface area (Å²) in [6.07, 6.45) is 0. The third-order valence-corrected chi connectivity index (χ3v) is 3.79. The molecule has 0 atom stereocenters. The van der Waals surface area contributed by atoms with Gasteiger partial charge in [0.25, 0.3) is 0 Å². The summed E-state index contributed by atoms with van der Waals surface area (Å²) in [5.41, 5.74) is 3.12. The van der Waals surface area contributed by atoms with Gasteiger partial charge in [0.15, 0.2) is 5.84 Å². The maximum atomic E-state index is 5.49. The van der Waals surface area contributed by atoms with Crippen LogP contribution in [0.5, 0.6) is 11.5 Å². The topological polar surface area (TPSA) is 48.6 Å². The van der Waals surface area contributed by atoms with Crippen molar-refractivity contribution in [2.75, 3.05) is 14.2 Å². The number of rotatable bonds is 3. The van der Waals surface area contributed by atoms with Crippen LogP contribution in [-0.2, 0) is 12.0 Å². The van der Waals surface area contributed by atoms with E-state index >= 15 is 0 Å². The lowest BCUT2D eigenvalue weighted by Gasteiger charge is -2.15. The van der Waals surface area contributed by atoms with Gasteiger partial charge in [0.05, 0.1) is 37.7 Å². The Morgan fingerprint density at radius 2 is 1.86 bits per heavy atom. The third-order valence-electron chi connectivity index (χ3n) is 3.79. The molecule has 1 aliphatic heterocycles. The molecule has 0 radical (unpaired) electrons. The maximum Gasteiger partial charge on any atom is 0.160 e. The normalized spacial score (nSPS) is 13.8. The molecule has 5 nitrogen and oxygen atoms in total. The Labute approximate surface area is 130 Å². The van der Waals surface area contributed by atoms with Crippen molar-refractivity contribution in [3.8, 4) is 11.5 Å². The molecule has 0 amide bonds. The fraction of sp³-hybridized carbons (Fsp3) is 0.412. The number of aromatic nitrogens is 2. The van der Waals surface area contributed by atoms with Crippen LogP contribution in [-0.4, -0.2) is 29.8 Å². The molecule has 1 aromatic carbocycles. The Kier molecular flexibility index (Phi) is 3.43. The number of hydrogen-bond donors (Lipinski definition) is 0. The van der Waals surface area contributed by atoms with E-state index in [4.69, 9.17) is 14.6 Å². The number of benzene rings is 1. The molecule has 0 aliphatic carbocycles. The van der Waals surface area contributed by atoms with Crippen LogP contribution in [0.15, 0.2) is 29.3 Å². The van der Waals surface area contributed by atoms with E-state index in [0.29, 0.717) is 6.54 Å². The summed E-state index contributed by atoms with van der Waals surface area (Å²) in [5, 5.41) is 4.74. The standard InChI is InChI=1S/C17H21N3O2/c1-17(2,3)15-8-11-10-18-16(20(11)19-15)13-7-6-12(21-4)9-14(13)22-5/h6-9H,10H2,1-5H3. The van der Waals surface area contributed by atoms with Gasteiger partial charge >= 0.3 is 0 Å². The molecule has 0 N–H and O–H groups in total. The first-order valence-corrected chi connectivity index (χ1v) is 7.30. The third kappa shape index (κ3) is 2.36. The monoisotopic (exact) mass is 299 g/mol. The van der Waals surface area contributed by atoms with Crippen LogP contribution in [0.2, 0.25) is 0 Å². The van der Waals surface area contributed by atoms with Crippen molar-refractivity contribution in [1.29, 1.82) is 0 Å². The predicted octanol–water partition coefficient (Wildman–Crippen LogP) is 3.01. The minimum atomic E-state index is 0.0203. The van der Waals surface area contributed by atoms with Gasteiger partial charge < -0.3 is 9.47 Å². The Balaban J connectivity index is 2.05. The second kappa shape index (κ2) is 5.16. The van der Waals surface area contributed by atoms with Gasteiger partial charge in [-0.3, -0.25) is 4.99 Å². The van der Waals surface area contributed by atoms with Gasteiger partial charge in [0.1, 0.15) is 11.5 Å². The highest BCUT2D eigenvalue weighted by Gasteiger charge is 2.26. The molecule has 116 valence electrons. The molecule has 0 unspecified atom stereocenters. The van der Waals surface area contributed by atoms with Gasteiger partial charge in [-0.05, 0) is 18.2 Å². The average molecular weight is 299 g/mol. The van der Waals surface area contributed by atoms with Crippen LogP contribution in [0.25, 0.3) is 0 Å². The summed E-state index contributed by atoms with van der Waals surface area (Å²) in [6.45, 7) is 7.13. The SMILES string of the molecule is COc1ccc(C2=NCc3cc(C(C)(C)C)nn32)c(OC)c1.